The van der Waals surface area contributed by atoms with Crippen LogP contribution in [-0.4, -0.2) is 26.5 Å². The highest BCUT2D eigenvalue weighted by Gasteiger charge is 2.26. The Kier molecular flexibility index (Phi) is 4.05. The fraction of sp³-hybridized carbons (Fsp3) is 0.900. The van der Waals surface area contributed by atoms with Gasteiger partial charge in [-0.2, -0.15) is 0 Å². The summed E-state index contributed by atoms with van der Waals surface area (Å²) in [6.07, 6.45) is 6.08. The lowest BCUT2D eigenvalue weighted by Gasteiger charge is -2.31. The van der Waals surface area contributed by atoms with E-state index in [0.717, 1.165) is 25.7 Å². The molecule has 0 bridgehead atoms. The number of hydrogen-bond donors (Lipinski definition) is 0. The number of hydrogen-bond acceptors (Lipinski definition) is 3. The maximum Gasteiger partial charge on any atom is 0.235 e. The van der Waals surface area contributed by atoms with E-state index in [1.807, 2.05) is 0 Å². The van der Waals surface area contributed by atoms with Gasteiger partial charge in [-0.05, 0) is 45.3 Å². The van der Waals surface area contributed by atoms with Crippen molar-refractivity contribution in [1.29, 1.82) is 0 Å². The van der Waals surface area contributed by atoms with Crippen LogP contribution in [0.5, 0.6) is 0 Å². The molecule has 80 valence electrons. The first-order chi connectivity index (χ1) is 6.51. The van der Waals surface area contributed by atoms with Crippen molar-refractivity contribution in [2.75, 3.05) is 0 Å². The molecule has 1 aliphatic rings. The third kappa shape index (κ3) is 4.18. The second-order valence-corrected chi connectivity index (χ2v) is 9.34. The van der Waals surface area contributed by atoms with Gasteiger partial charge in [-0.25, -0.2) is 9.79 Å². The van der Waals surface area contributed by atoms with E-state index >= 15 is 0 Å². The molecule has 1 rings (SSSR count). The fourth-order valence-corrected chi connectivity index (χ4v) is 3.10. The molecule has 1 aliphatic carbocycles. The Morgan fingerprint density at radius 1 is 1.21 bits per heavy atom. The molecule has 0 aromatic rings. The van der Waals surface area contributed by atoms with Crippen LogP contribution in [0.4, 0.5) is 0 Å². The standard InChI is InChI=1S/C10H19NO2Si/c1-14(2,3)13-10-6-4-9(5-7-10)11-8-12/h9-10H,4-7H2,1-3H3. The van der Waals surface area contributed by atoms with Crippen molar-refractivity contribution in [3.8, 4) is 0 Å². The van der Waals surface area contributed by atoms with Crippen molar-refractivity contribution >= 4 is 14.4 Å². The lowest BCUT2D eigenvalue weighted by atomic mass is 9.94. The van der Waals surface area contributed by atoms with Crippen molar-refractivity contribution in [2.24, 2.45) is 4.99 Å². The molecule has 0 aliphatic heterocycles. The smallest absolute Gasteiger partial charge is 0.235 e. The molecule has 1 saturated carbocycles. The van der Waals surface area contributed by atoms with Crippen LogP contribution in [0, 0.1) is 0 Å². The van der Waals surface area contributed by atoms with E-state index in [2.05, 4.69) is 24.6 Å². The van der Waals surface area contributed by atoms with Gasteiger partial charge in [-0.1, -0.05) is 0 Å². The molecule has 4 heteroatoms. The number of aliphatic imine (C=N–C) groups is 1. The van der Waals surface area contributed by atoms with Crippen LogP contribution in [0.3, 0.4) is 0 Å². The summed E-state index contributed by atoms with van der Waals surface area (Å²) in [4.78, 5) is 13.8. The zero-order chi connectivity index (χ0) is 10.6. The second kappa shape index (κ2) is 4.87. The molecule has 0 N–H and O–H groups in total. The van der Waals surface area contributed by atoms with Gasteiger partial charge in [0, 0.05) is 6.10 Å². The molecule has 0 saturated heterocycles. The molecule has 14 heavy (non-hydrogen) atoms. The van der Waals surface area contributed by atoms with Crippen LogP contribution in [0.1, 0.15) is 25.7 Å². The molecule has 0 atom stereocenters. The summed E-state index contributed by atoms with van der Waals surface area (Å²) < 4.78 is 6.00. The van der Waals surface area contributed by atoms with Crippen LogP contribution in [0.2, 0.25) is 19.6 Å². The summed E-state index contributed by atoms with van der Waals surface area (Å²) in [6, 6.07) is 0.203. The highest BCUT2D eigenvalue weighted by Crippen LogP contribution is 2.25. The lowest BCUT2D eigenvalue weighted by Crippen LogP contribution is -2.34. The largest absolute Gasteiger partial charge is 0.415 e. The highest BCUT2D eigenvalue weighted by atomic mass is 28.4. The molecular formula is C10H19NO2Si. The zero-order valence-corrected chi connectivity index (χ0v) is 10.2. The second-order valence-electron chi connectivity index (χ2n) is 4.88. The van der Waals surface area contributed by atoms with Crippen LogP contribution in [0.15, 0.2) is 4.99 Å². The number of rotatable bonds is 3. The van der Waals surface area contributed by atoms with Crippen molar-refractivity contribution < 1.29 is 9.22 Å². The van der Waals surface area contributed by atoms with Crippen LogP contribution >= 0.6 is 0 Å². The zero-order valence-electron chi connectivity index (χ0n) is 9.25. The van der Waals surface area contributed by atoms with E-state index in [0.29, 0.717) is 6.10 Å². The summed E-state index contributed by atoms with van der Waals surface area (Å²) in [7, 11) is -1.39. The number of carbonyl (C=O) groups excluding carboxylic acids is 1. The van der Waals surface area contributed by atoms with Gasteiger partial charge in [0.1, 0.15) is 0 Å². The van der Waals surface area contributed by atoms with Gasteiger partial charge < -0.3 is 4.43 Å². The van der Waals surface area contributed by atoms with Crippen molar-refractivity contribution in [3.63, 3.8) is 0 Å². The van der Waals surface area contributed by atoms with Crippen LogP contribution < -0.4 is 0 Å². The summed E-state index contributed by atoms with van der Waals surface area (Å²) in [5.74, 6) is 0. The van der Waals surface area contributed by atoms with Crippen molar-refractivity contribution in [2.45, 2.75) is 57.5 Å². The molecule has 0 aromatic heterocycles. The number of nitrogens with zero attached hydrogens (tertiary/aromatic N) is 1. The third-order valence-electron chi connectivity index (χ3n) is 2.40. The minimum absolute atomic E-state index is 0.203. The molecule has 3 nitrogen and oxygen atoms in total. The Morgan fingerprint density at radius 2 is 1.79 bits per heavy atom. The van der Waals surface area contributed by atoms with Crippen molar-refractivity contribution in [3.05, 3.63) is 0 Å². The van der Waals surface area contributed by atoms with E-state index in [1.54, 1.807) is 6.08 Å². The molecule has 0 radical (unpaired) electrons. The Hall–Kier alpha value is -0.443. The molecule has 0 amide bonds. The first-order valence-electron chi connectivity index (χ1n) is 5.26. The first-order valence-corrected chi connectivity index (χ1v) is 8.67. The van der Waals surface area contributed by atoms with Gasteiger partial charge >= 0.3 is 0 Å². The lowest BCUT2D eigenvalue weighted by molar-refractivity contribution is 0.140. The van der Waals surface area contributed by atoms with Crippen LogP contribution in [-0.2, 0) is 9.22 Å². The van der Waals surface area contributed by atoms with Gasteiger partial charge in [-0.3, -0.25) is 0 Å². The minimum atomic E-state index is -1.39. The van der Waals surface area contributed by atoms with E-state index < -0.39 is 8.32 Å². The summed E-state index contributed by atoms with van der Waals surface area (Å²) in [6.45, 7) is 6.63. The minimum Gasteiger partial charge on any atom is -0.415 e. The molecule has 0 heterocycles. The molecule has 0 spiro atoms. The quantitative estimate of drug-likeness (QED) is 0.410. The van der Waals surface area contributed by atoms with E-state index in [1.165, 1.54) is 0 Å². The Morgan fingerprint density at radius 3 is 2.21 bits per heavy atom. The molecule has 1 fully saturated rings. The van der Waals surface area contributed by atoms with Gasteiger partial charge in [0.15, 0.2) is 8.32 Å². The van der Waals surface area contributed by atoms with Crippen LogP contribution in [0.25, 0.3) is 0 Å². The first kappa shape index (κ1) is 11.6. The molecular weight excluding hydrogens is 194 g/mol. The maximum atomic E-state index is 10.1. The fourth-order valence-electron chi connectivity index (χ4n) is 1.87. The predicted molar refractivity (Wildman–Crippen MR) is 58.6 cm³/mol. The Labute approximate surface area is 86.7 Å². The molecule has 0 unspecified atom stereocenters. The third-order valence-corrected chi connectivity index (χ3v) is 3.44. The summed E-state index contributed by atoms with van der Waals surface area (Å²) in [5.41, 5.74) is 0. The topological polar surface area (TPSA) is 38.7 Å². The monoisotopic (exact) mass is 213 g/mol. The maximum absolute atomic E-state index is 10.1. The molecule has 0 aromatic carbocycles. The van der Waals surface area contributed by atoms with E-state index in [9.17, 15) is 4.79 Å². The summed E-state index contributed by atoms with van der Waals surface area (Å²) >= 11 is 0. The highest BCUT2D eigenvalue weighted by molar-refractivity contribution is 6.69. The number of isocyanates is 1. The SMILES string of the molecule is C[Si](C)(C)OC1CCC(N=C=O)CC1. The normalized spacial score (nSPS) is 28.2. The average Bonchev–Trinajstić information content (AvgIpc) is 2.06. The average molecular weight is 213 g/mol. The Bertz CT molecular complexity index is 223. The van der Waals surface area contributed by atoms with Gasteiger partial charge in [-0.15, -0.1) is 0 Å². The summed E-state index contributed by atoms with van der Waals surface area (Å²) in [5, 5.41) is 0. The van der Waals surface area contributed by atoms with Crippen molar-refractivity contribution in [1.82, 2.24) is 0 Å². The van der Waals surface area contributed by atoms with E-state index in [4.69, 9.17) is 4.43 Å². The Balaban J connectivity index is 2.32. The van der Waals surface area contributed by atoms with Gasteiger partial charge in [0.2, 0.25) is 6.08 Å². The van der Waals surface area contributed by atoms with Gasteiger partial charge in [0.05, 0.1) is 6.04 Å². The van der Waals surface area contributed by atoms with E-state index in [-0.39, 0.29) is 6.04 Å². The predicted octanol–water partition coefficient (Wildman–Crippen LogP) is 2.48. The van der Waals surface area contributed by atoms with Gasteiger partial charge in [0.25, 0.3) is 0 Å².